The summed E-state index contributed by atoms with van der Waals surface area (Å²) in [7, 11) is 0. The summed E-state index contributed by atoms with van der Waals surface area (Å²) in [5.74, 6) is 0.537. The van der Waals surface area contributed by atoms with Gasteiger partial charge in [-0.1, -0.05) is 55.3 Å². The molecule has 0 saturated heterocycles. The average molecular weight is 309 g/mol. The molecule has 0 heterocycles. The van der Waals surface area contributed by atoms with Crippen molar-refractivity contribution in [1.29, 1.82) is 0 Å². The minimum atomic E-state index is -0.169. The van der Waals surface area contributed by atoms with Crippen molar-refractivity contribution in [2.24, 2.45) is 0 Å². The summed E-state index contributed by atoms with van der Waals surface area (Å²) in [6, 6.07) is 15.5. The molecule has 2 aromatic carbocycles. The van der Waals surface area contributed by atoms with Crippen molar-refractivity contribution < 1.29 is 9.53 Å². The Morgan fingerprint density at radius 3 is 2.61 bits per heavy atom. The summed E-state index contributed by atoms with van der Waals surface area (Å²) in [6.45, 7) is 4.81. The van der Waals surface area contributed by atoms with Crippen molar-refractivity contribution in [3.05, 3.63) is 65.7 Å². The highest BCUT2D eigenvalue weighted by atomic mass is 16.5. The number of hydrogen-bond acceptors (Lipinski definition) is 2. The van der Waals surface area contributed by atoms with Crippen LogP contribution in [0.4, 0.5) is 5.69 Å². The molecule has 120 valence electrons. The molecule has 23 heavy (non-hydrogen) atoms. The van der Waals surface area contributed by atoms with E-state index in [1.165, 1.54) is 11.6 Å². The molecule has 0 aromatic heterocycles. The van der Waals surface area contributed by atoms with Crippen molar-refractivity contribution in [3.8, 4) is 5.75 Å². The Labute approximate surface area is 138 Å². The monoisotopic (exact) mass is 309 g/mol. The largest absolute Gasteiger partial charge is 0.491 e. The second-order valence-corrected chi connectivity index (χ2v) is 5.43. The molecular formula is C20H23NO2. The summed E-state index contributed by atoms with van der Waals surface area (Å²) in [4.78, 5) is 12.1. The van der Waals surface area contributed by atoms with Gasteiger partial charge in [0.25, 0.3) is 0 Å². The first-order valence-corrected chi connectivity index (χ1v) is 7.96. The van der Waals surface area contributed by atoms with Crippen LogP contribution in [0.25, 0.3) is 6.08 Å². The fourth-order valence-corrected chi connectivity index (χ4v) is 2.05. The number of carbonyl (C=O) groups excluding carboxylic acids is 1. The van der Waals surface area contributed by atoms with Crippen LogP contribution in [0.2, 0.25) is 0 Å². The lowest BCUT2D eigenvalue weighted by Crippen LogP contribution is -2.09. The van der Waals surface area contributed by atoms with Crippen molar-refractivity contribution in [1.82, 2.24) is 0 Å². The quantitative estimate of drug-likeness (QED) is 0.588. The molecule has 3 heteroatoms. The van der Waals surface area contributed by atoms with E-state index in [9.17, 15) is 4.79 Å². The van der Waals surface area contributed by atoms with Crippen LogP contribution in [0.1, 0.15) is 30.9 Å². The highest BCUT2D eigenvalue weighted by Gasteiger charge is 2.05. The Bertz CT molecular complexity index is 660. The van der Waals surface area contributed by atoms with Crippen LogP contribution in [0, 0.1) is 6.92 Å². The molecule has 2 aromatic rings. The average Bonchev–Trinajstić information content (AvgIpc) is 2.56. The maximum atomic E-state index is 12.1. The number of benzene rings is 2. The molecule has 1 N–H and O–H groups in total. The van der Waals surface area contributed by atoms with Gasteiger partial charge < -0.3 is 10.1 Å². The first-order chi connectivity index (χ1) is 11.2. The zero-order chi connectivity index (χ0) is 16.5. The molecule has 0 unspecified atom stereocenters. The van der Waals surface area contributed by atoms with Crippen molar-refractivity contribution in [2.75, 3.05) is 11.9 Å². The van der Waals surface area contributed by atoms with Gasteiger partial charge in [-0.2, -0.15) is 0 Å². The molecule has 0 saturated carbocycles. The van der Waals surface area contributed by atoms with Crippen molar-refractivity contribution in [2.45, 2.75) is 26.7 Å². The second-order valence-electron chi connectivity index (χ2n) is 5.43. The third kappa shape index (κ3) is 5.62. The number of nitrogens with one attached hydrogen (secondary N) is 1. The van der Waals surface area contributed by atoms with Crippen LogP contribution in [0.3, 0.4) is 0 Å². The van der Waals surface area contributed by atoms with Gasteiger partial charge in [0.2, 0.25) is 5.91 Å². The van der Waals surface area contributed by atoms with Crippen LogP contribution in [-0.2, 0) is 4.79 Å². The minimum absolute atomic E-state index is 0.169. The fraction of sp³-hybridized carbons (Fsp3) is 0.250. The molecule has 0 aliphatic carbocycles. The van der Waals surface area contributed by atoms with Gasteiger partial charge in [-0.25, -0.2) is 0 Å². The fourth-order valence-electron chi connectivity index (χ4n) is 2.05. The molecule has 2 rings (SSSR count). The molecule has 0 aliphatic heterocycles. The van der Waals surface area contributed by atoms with Gasteiger partial charge in [0.05, 0.1) is 12.3 Å². The first-order valence-electron chi connectivity index (χ1n) is 7.96. The molecular weight excluding hydrogens is 286 g/mol. The third-order valence-electron chi connectivity index (χ3n) is 3.40. The first kappa shape index (κ1) is 16.8. The van der Waals surface area contributed by atoms with E-state index in [4.69, 9.17) is 4.74 Å². The number of amides is 1. The van der Waals surface area contributed by atoms with Crippen molar-refractivity contribution in [3.63, 3.8) is 0 Å². The topological polar surface area (TPSA) is 38.3 Å². The maximum absolute atomic E-state index is 12.1. The standard InChI is InChI=1S/C20H23NO2/c1-3-4-15-23-19-8-6-5-7-18(19)21-20(22)14-13-17-11-9-16(2)10-12-17/h5-14H,3-4,15H2,1-2H3,(H,21,22)/b14-13+. The van der Waals surface area contributed by atoms with E-state index in [1.54, 1.807) is 6.08 Å². The minimum Gasteiger partial charge on any atom is -0.491 e. The molecule has 3 nitrogen and oxygen atoms in total. The lowest BCUT2D eigenvalue weighted by molar-refractivity contribution is -0.111. The zero-order valence-corrected chi connectivity index (χ0v) is 13.7. The predicted molar refractivity (Wildman–Crippen MR) is 95.7 cm³/mol. The number of anilines is 1. The normalized spacial score (nSPS) is 10.7. The van der Waals surface area contributed by atoms with Crippen LogP contribution < -0.4 is 10.1 Å². The Morgan fingerprint density at radius 1 is 1.13 bits per heavy atom. The number of unbranched alkanes of at least 4 members (excludes halogenated alkanes) is 1. The summed E-state index contributed by atoms with van der Waals surface area (Å²) < 4.78 is 5.72. The predicted octanol–water partition coefficient (Wildman–Crippen LogP) is 4.83. The smallest absolute Gasteiger partial charge is 0.248 e. The van der Waals surface area contributed by atoms with Crippen LogP contribution >= 0.6 is 0 Å². The Morgan fingerprint density at radius 2 is 1.87 bits per heavy atom. The van der Waals surface area contributed by atoms with Crippen LogP contribution in [0.5, 0.6) is 5.75 Å². The molecule has 1 amide bonds. The van der Waals surface area contributed by atoms with Gasteiger partial charge in [-0.05, 0) is 37.1 Å². The summed E-state index contributed by atoms with van der Waals surface area (Å²) >= 11 is 0. The zero-order valence-electron chi connectivity index (χ0n) is 13.7. The van der Waals surface area contributed by atoms with E-state index in [-0.39, 0.29) is 5.91 Å². The van der Waals surface area contributed by atoms with Gasteiger partial charge in [0, 0.05) is 6.08 Å². The van der Waals surface area contributed by atoms with Gasteiger partial charge in [0.15, 0.2) is 0 Å². The van der Waals surface area contributed by atoms with Crippen LogP contribution in [-0.4, -0.2) is 12.5 Å². The summed E-state index contributed by atoms with van der Waals surface area (Å²) in [6.07, 6.45) is 5.41. The van der Waals surface area contributed by atoms with Crippen LogP contribution in [0.15, 0.2) is 54.6 Å². The number of hydrogen-bond donors (Lipinski definition) is 1. The number of aryl methyl sites for hydroxylation is 1. The Hall–Kier alpha value is -2.55. The number of ether oxygens (including phenoxy) is 1. The number of para-hydroxylation sites is 2. The van der Waals surface area contributed by atoms with E-state index >= 15 is 0 Å². The van der Waals surface area contributed by atoms with Crippen molar-refractivity contribution >= 4 is 17.7 Å². The maximum Gasteiger partial charge on any atom is 0.248 e. The SMILES string of the molecule is CCCCOc1ccccc1NC(=O)/C=C/c1ccc(C)cc1. The van der Waals surface area contributed by atoms with E-state index in [1.807, 2.05) is 55.5 Å². The highest BCUT2D eigenvalue weighted by Crippen LogP contribution is 2.24. The molecule has 0 fully saturated rings. The number of carbonyl (C=O) groups is 1. The lowest BCUT2D eigenvalue weighted by Gasteiger charge is -2.11. The van der Waals surface area contributed by atoms with E-state index in [0.717, 1.165) is 18.4 Å². The lowest BCUT2D eigenvalue weighted by atomic mass is 10.1. The molecule has 0 bridgehead atoms. The Kier molecular flexibility index (Phi) is 6.42. The van der Waals surface area contributed by atoms with Gasteiger partial charge >= 0.3 is 0 Å². The van der Waals surface area contributed by atoms with Gasteiger partial charge in [0.1, 0.15) is 5.75 Å². The number of rotatable bonds is 7. The Balaban J connectivity index is 1.98. The third-order valence-corrected chi connectivity index (χ3v) is 3.40. The van der Waals surface area contributed by atoms with E-state index < -0.39 is 0 Å². The molecule has 0 spiro atoms. The summed E-state index contributed by atoms with van der Waals surface area (Å²) in [5.41, 5.74) is 2.89. The van der Waals surface area contributed by atoms with Gasteiger partial charge in [-0.15, -0.1) is 0 Å². The molecule has 0 radical (unpaired) electrons. The van der Waals surface area contributed by atoms with E-state index in [2.05, 4.69) is 12.2 Å². The molecule has 0 atom stereocenters. The molecule has 0 aliphatic rings. The summed E-state index contributed by atoms with van der Waals surface area (Å²) in [5, 5.41) is 2.87. The highest BCUT2D eigenvalue weighted by molar-refractivity contribution is 6.02. The second kappa shape index (κ2) is 8.79. The van der Waals surface area contributed by atoms with E-state index in [0.29, 0.717) is 18.0 Å². The van der Waals surface area contributed by atoms with Gasteiger partial charge in [-0.3, -0.25) is 4.79 Å².